The lowest BCUT2D eigenvalue weighted by atomic mass is 10.1. The molecule has 4 rings (SSSR count). The molecule has 0 aliphatic rings. The Balaban J connectivity index is 1.66. The van der Waals surface area contributed by atoms with Crippen molar-refractivity contribution in [2.45, 2.75) is 12.7 Å². The van der Waals surface area contributed by atoms with E-state index in [9.17, 15) is 22.8 Å². The second-order valence-corrected chi connectivity index (χ2v) is 6.10. The molecule has 0 amide bonds. The summed E-state index contributed by atoms with van der Waals surface area (Å²) >= 11 is 0. The van der Waals surface area contributed by atoms with E-state index in [-0.39, 0.29) is 29.2 Å². The summed E-state index contributed by atoms with van der Waals surface area (Å²) in [6, 6.07) is 4.90. The molecular weight excluding hydrogens is 379 g/mol. The van der Waals surface area contributed by atoms with Gasteiger partial charge < -0.3 is 4.98 Å². The number of fused-ring (bicyclic) bond motifs is 1. The van der Waals surface area contributed by atoms with Gasteiger partial charge in [-0.1, -0.05) is 17.3 Å². The molecule has 0 saturated carbocycles. The van der Waals surface area contributed by atoms with Crippen LogP contribution in [0.4, 0.5) is 13.2 Å². The fourth-order valence-corrected chi connectivity index (χ4v) is 2.74. The molecule has 1 aromatic carbocycles. The molecule has 0 atom stereocenters. The smallest absolute Gasteiger partial charge is 0.331 e. The number of hydrogen-bond acceptors (Lipinski definition) is 5. The predicted octanol–water partition coefficient (Wildman–Crippen LogP) is 1.28. The Labute approximate surface area is 153 Å². The Bertz CT molecular complexity index is 1300. The van der Waals surface area contributed by atoms with Gasteiger partial charge in [-0.15, -0.1) is 5.10 Å². The van der Waals surface area contributed by atoms with Gasteiger partial charge in [0, 0.05) is 7.05 Å². The number of hydrogen-bond donors (Lipinski definition) is 2. The maximum Gasteiger partial charge on any atom is 0.416 e. The summed E-state index contributed by atoms with van der Waals surface area (Å²) in [6.07, 6.45) is -2.95. The fourth-order valence-electron chi connectivity index (χ4n) is 2.74. The van der Waals surface area contributed by atoms with Gasteiger partial charge in [0.1, 0.15) is 11.2 Å². The largest absolute Gasteiger partial charge is 0.416 e. The maximum atomic E-state index is 12.8. The quantitative estimate of drug-likeness (QED) is 0.546. The molecule has 0 aliphatic carbocycles. The molecule has 3 heterocycles. The molecule has 0 saturated heterocycles. The first kappa shape index (κ1) is 17.7. The van der Waals surface area contributed by atoms with Gasteiger partial charge in [0.2, 0.25) is 0 Å². The van der Waals surface area contributed by atoms with Crippen LogP contribution < -0.4 is 11.2 Å². The molecule has 4 aromatic rings. The Kier molecular flexibility index (Phi) is 3.91. The number of aryl methyl sites for hydroxylation is 1. The second kappa shape index (κ2) is 6.18. The second-order valence-electron chi connectivity index (χ2n) is 6.10. The number of H-pyrrole nitrogens is 2. The Morgan fingerprint density at radius 3 is 2.71 bits per heavy atom. The summed E-state index contributed by atoms with van der Waals surface area (Å²) in [4.78, 5) is 32.6. The van der Waals surface area contributed by atoms with E-state index in [0.29, 0.717) is 5.56 Å². The molecule has 0 unspecified atom stereocenters. The average Bonchev–Trinajstić information content (AvgIpc) is 3.26. The van der Waals surface area contributed by atoms with E-state index in [4.69, 9.17) is 0 Å². The highest BCUT2D eigenvalue weighted by atomic mass is 19.4. The van der Waals surface area contributed by atoms with Gasteiger partial charge in [-0.05, 0) is 17.7 Å². The summed E-state index contributed by atoms with van der Waals surface area (Å²) in [5, 5.41) is 7.81. The molecule has 0 radical (unpaired) electrons. The summed E-state index contributed by atoms with van der Waals surface area (Å²) < 4.78 is 41.0. The van der Waals surface area contributed by atoms with Crippen molar-refractivity contribution in [3.8, 4) is 11.5 Å². The molecule has 144 valence electrons. The van der Waals surface area contributed by atoms with Crippen molar-refractivity contribution in [1.82, 2.24) is 34.5 Å². The molecule has 0 spiro atoms. The van der Waals surface area contributed by atoms with Crippen molar-refractivity contribution in [3.05, 3.63) is 62.4 Å². The molecule has 0 aliphatic heterocycles. The van der Waals surface area contributed by atoms with Crippen LogP contribution in [-0.4, -0.2) is 34.5 Å². The van der Waals surface area contributed by atoms with Gasteiger partial charge in [0.05, 0.1) is 18.3 Å². The Hall–Kier alpha value is -3.70. The number of nitrogens with one attached hydrogen (secondary N) is 2. The first-order valence-electron chi connectivity index (χ1n) is 7.98. The third-order valence-corrected chi connectivity index (χ3v) is 4.13. The molecule has 9 nitrogen and oxygen atoms in total. The van der Waals surface area contributed by atoms with Crippen molar-refractivity contribution < 1.29 is 13.2 Å². The van der Waals surface area contributed by atoms with Gasteiger partial charge in [-0.25, -0.2) is 14.5 Å². The van der Waals surface area contributed by atoms with Crippen LogP contribution in [0, 0.1) is 0 Å². The minimum Gasteiger partial charge on any atom is -0.331 e. The number of aromatic amines is 2. The number of imidazole rings is 1. The number of rotatable bonds is 3. The van der Waals surface area contributed by atoms with Crippen LogP contribution in [0.15, 0.2) is 40.1 Å². The minimum absolute atomic E-state index is 0.0657. The lowest BCUT2D eigenvalue weighted by Crippen LogP contribution is -2.28. The van der Waals surface area contributed by atoms with Crippen LogP contribution in [0.25, 0.3) is 22.7 Å². The van der Waals surface area contributed by atoms with Crippen LogP contribution in [0.2, 0.25) is 0 Å². The highest BCUT2D eigenvalue weighted by Gasteiger charge is 2.30. The van der Waals surface area contributed by atoms with E-state index in [0.717, 1.165) is 12.1 Å². The Morgan fingerprint density at radius 2 is 1.96 bits per heavy atom. The van der Waals surface area contributed by atoms with Crippen LogP contribution in [-0.2, 0) is 19.8 Å². The number of alkyl halides is 3. The van der Waals surface area contributed by atoms with Crippen LogP contribution >= 0.6 is 0 Å². The van der Waals surface area contributed by atoms with Gasteiger partial charge >= 0.3 is 11.9 Å². The highest BCUT2D eigenvalue weighted by molar-refractivity contribution is 5.74. The third kappa shape index (κ3) is 3.08. The number of halogens is 3. The van der Waals surface area contributed by atoms with Crippen LogP contribution in [0.5, 0.6) is 0 Å². The van der Waals surface area contributed by atoms with Gasteiger partial charge in [-0.3, -0.25) is 14.3 Å². The van der Waals surface area contributed by atoms with Crippen molar-refractivity contribution in [2.24, 2.45) is 7.05 Å². The molecule has 0 fully saturated rings. The van der Waals surface area contributed by atoms with Crippen LogP contribution in [0.3, 0.4) is 0 Å². The molecule has 12 heteroatoms. The summed E-state index contributed by atoms with van der Waals surface area (Å²) in [5.41, 5.74) is -1.05. The molecule has 28 heavy (non-hydrogen) atoms. The van der Waals surface area contributed by atoms with E-state index in [1.165, 1.54) is 28.6 Å². The normalized spacial score (nSPS) is 12.0. The SMILES string of the molecule is Cn1c(=O)[nH]c(=O)c2[nH]c(-c3cn(Cc4cccc(C(F)(F)F)c4)nn3)nc21. The molecular formula is C16H12F3N7O2. The van der Waals surface area contributed by atoms with Crippen molar-refractivity contribution in [3.63, 3.8) is 0 Å². The van der Waals surface area contributed by atoms with Gasteiger partial charge in [0.15, 0.2) is 11.5 Å². The summed E-state index contributed by atoms with van der Waals surface area (Å²) in [5.74, 6) is 0.206. The molecule has 2 N–H and O–H groups in total. The number of aromatic nitrogens is 7. The van der Waals surface area contributed by atoms with E-state index in [2.05, 4.69) is 25.3 Å². The van der Waals surface area contributed by atoms with Crippen molar-refractivity contribution in [1.29, 1.82) is 0 Å². The number of nitrogens with zero attached hydrogens (tertiary/aromatic N) is 5. The van der Waals surface area contributed by atoms with E-state index in [1.807, 2.05) is 0 Å². The molecule has 0 bridgehead atoms. The lowest BCUT2D eigenvalue weighted by Gasteiger charge is -2.08. The van der Waals surface area contributed by atoms with Crippen molar-refractivity contribution >= 4 is 11.2 Å². The lowest BCUT2D eigenvalue weighted by molar-refractivity contribution is -0.137. The van der Waals surface area contributed by atoms with Crippen LogP contribution in [0.1, 0.15) is 11.1 Å². The zero-order valence-corrected chi connectivity index (χ0v) is 14.3. The Morgan fingerprint density at radius 1 is 1.18 bits per heavy atom. The van der Waals surface area contributed by atoms with E-state index in [1.54, 1.807) is 6.07 Å². The molecule has 3 aromatic heterocycles. The first-order chi connectivity index (χ1) is 13.2. The minimum atomic E-state index is -4.43. The zero-order chi connectivity index (χ0) is 20.1. The fraction of sp³-hybridized carbons (Fsp3) is 0.188. The predicted molar refractivity (Wildman–Crippen MR) is 91.5 cm³/mol. The monoisotopic (exact) mass is 391 g/mol. The topological polar surface area (TPSA) is 114 Å². The van der Waals surface area contributed by atoms with Gasteiger partial charge in [0.25, 0.3) is 5.56 Å². The highest BCUT2D eigenvalue weighted by Crippen LogP contribution is 2.29. The van der Waals surface area contributed by atoms with Crippen molar-refractivity contribution in [2.75, 3.05) is 0 Å². The zero-order valence-electron chi connectivity index (χ0n) is 14.3. The average molecular weight is 391 g/mol. The van der Waals surface area contributed by atoms with Gasteiger partial charge in [-0.2, -0.15) is 13.2 Å². The van der Waals surface area contributed by atoms with E-state index < -0.39 is 23.0 Å². The first-order valence-corrected chi connectivity index (χ1v) is 7.98. The van der Waals surface area contributed by atoms with E-state index >= 15 is 0 Å². The summed E-state index contributed by atoms with van der Waals surface area (Å²) in [7, 11) is 1.45. The standard InChI is InChI=1S/C16H12F3N7O2/c1-25-13-11(14(27)22-15(25)28)20-12(21-13)10-7-26(24-23-10)6-8-3-2-4-9(5-8)16(17,18)19/h2-5,7H,6H2,1H3,(H,20,21)(H,22,27,28). The third-order valence-electron chi connectivity index (χ3n) is 4.13. The maximum absolute atomic E-state index is 12.8. The summed E-state index contributed by atoms with van der Waals surface area (Å²) in [6.45, 7) is 0.0657. The number of benzene rings is 1.